The van der Waals surface area contributed by atoms with Crippen LogP contribution in [0.25, 0.3) is 11.4 Å². The lowest BCUT2D eigenvalue weighted by molar-refractivity contribution is 0.297. The summed E-state index contributed by atoms with van der Waals surface area (Å²) in [6.45, 7) is 3.09. The molecule has 0 radical (unpaired) electrons. The molecule has 0 unspecified atom stereocenters. The maximum atomic E-state index is 14.0. The summed E-state index contributed by atoms with van der Waals surface area (Å²) >= 11 is 0. The Morgan fingerprint density at radius 2 is 2.09 bits per heavy atom. The van der Waals surface area contributed by atoms with E-state index in [0.29, 0.717) is 11.9 Å². The van der Waals surface area contributed by atoms with Gasteiger partial charge in [0.2, 0.25) is 0 Å². The first-order valence-corrected chi connectivity index (χ1v) is 7.41. The van der Waals surface area contributed by atoms with Crippen molar-refractivity contribution >= 4 is 24.8 Å². The van der Waals surface area contributed by atoms with Crippen LogP contribution < -0.4 is 5.32 Å². The summed E-state index contributed by atoms with van der Waals surface area (Å²) in [4.78, 5) is 4.25. The molecule has 0 bridgehead atoms. The Balaban J connectivity index is 0.00000132. The summed E-state index contributed by atoms with van der Waals surface area (Å²) < 4.78 is 29.4. The van der Waals surface area contributed by atoms with Gasteiger partial charge in [0.25, 0.3) is 0 Å². The van der Waals surface area contributed by atoms with Gasteiger partial charge in [0.15, 0.2) is 11.6 Å². The van der Waals surface area contributed by atoms with Crippen LogP contribution in [0.3, 0.4) is 0 Å². The molecule has 128 valence electrons. The van der Waals surface area contributed by atoms with E-state index in [-0.39, 0.29) is 36.4 Å². The summed E-state index contributed by atoms with van der Waals surface area (Å²) in [5.74, 6) is -1.15. The van der Waals surface area contributed by atoms with Gasteiger partial charge in [-0.25, -0.2) is 13.8 Å². The van der Waals surface area contributed by atoms with Crippen LogP contribution in [0.5, 0.6) is 0 Å². The van der Waals surface area contributed by atoms with Crippen LogP contribution >= 0.6 is 24.8 Å². The quantitative estimate of drug-likeness (QED) is 0.876. The first-order chi connectivity index (χ1) is 10.2. The summed E-state index contributed by atoms with van der Waals surface area (Å²) in [7, 11) is 0. The Morgan fingerprint density at radius 3 is 2.83 bits per heavy atom. The molecule has 2 atom stereocenters. The molecule has 1 aliphatic rings. The van der Waals surface area contributed by atoms with Crippen molar-refractivity contribution in [3.8, 4) is 11.4 Å². The van der Waals surface area contributed by atoms with Crippen molar-refractivity contribution in [2.24, 2.45) is 0 Å². The largest absolute Gasteiger partial charge is 0.328 e. The topological polar surface area (TPSA) is 29.9 Å². The van der Waals surface area contributed by atoms with E-state index >= 15 is 0 Å². The van der Waals surface area contributed by atoms with E-state index in [4.69, 9.17) is 0 Å². The Morgan fingerprint density at radius 1 is 1.30 bits per heavy atom. The molecule has 7 heteroatoms. The molecule has 0 saturated carbocycles. The van der Waals surface area contributed by atoms with E-state index in [1.54, 1.807) is 12.3 Å². The van der Waals surface area contributed by atoms with E-state index in [9.17, 15) is 8.78 Å². The highest BCUT2D eigenvalue weighted by Gasteiger charge is 2.24. The second-order valence-corrected chi connectivity index (χ2v) is 5.50. The SMILES string of the molecule is CC[C@H]1C[C@H](n2ccnc2-c2cccc(F)c2F)CCN1.Cl.Cl. The molecule has 0 spiro atoms. The summed E-state index contributed by atoms with van der Waals surface area (Å²) in [5.41, 5.74) is 0.228. The highest BCUT2D eigenvalue weighted by molar-refractivity contribution is 5.85. The number of hydrogen-bond donors (Lipinski definition) is 1. The van der Waals surface area contributed by atoms with E-state index in [1.165, 1.54) is 6.07 Å². The molecule has 2 aromatic rings. The van der Waals surface area contributed by atoms with Gasteiger partial charge in [-0.2, -0.15) is 0 Å². The average Bonchev–Trinajstić information content (AvgIpc) is 2.99. The van der Waals surface area contributed by atoms with Crippen molar-refractivity contribution in [2.75, 3.05) is 6.54 Å². The van der Waals surface area contributed by atoms with Crippen molar-refractivity contribution < 1.29 is 8.78 Å². The third kappa shape index (κ3) is 4.03. The summed E-state index contributed by atoms with van der Waals surface area (Å²) in [6, 6.07) is 4.97. The van der Waals surface area contributed by atoms with Crippen LogP contribution in [0, 0.1) is 11.6 Å². The van der Waals surface area contributed by atoms with Gasteiger partial charge in [0, 0.05) is 24.5 Å². The van der Waals surface area contributed by atoms with Gasteiger partial charge in [0.1, 0.15) is 5.82 Å². The Kier molecular flexibility index (Phi) is 7.45. The van der Waals surface area contributed by atoms with Crippen molar-refractivity contribution in [1.82, 2.24) is 14.9 Å². The number of benzene rings is 1. The molecule has 3 nitrogen and oxygen atoms in total. The van der Waals surface area contributed by atoms with Crippen LogP contribution in [0.1, 0.15) is 32.2 Å². The minimum Gasteiger partial charge on any atom is -0.328 e. The lowest BCUT2D eigenvalue weighted by Gasteiger charge is -2.31. The molecule has 1 aromatic carbocycles. The van der Waals surface area contributed by atoms with Gasteiger partial charge < -0.3 is 9.88 Å². The fraction of sp³-hybridized carbons (Fsp3) is 0.438. The first kappa shape index (κ1) is 19.9. The molecular weight excluding hydrogens is 343 g/mol. The Labute approximate surface area is 147 Å². The fourth-order valence-electron chi connectivity index (χ4n) is 3.04. The maximum Gasteiger partial charge on any atom is 0.169 e. The molecule has 23 heavy (non-hydrogen) atoms. The standard InChI is InChI=1S/C16H19F2N3.2ClH/c1-2-11-10-12(6-7-19-11)21-9-8-20-16(21)13-4-3-5-14(17)15(13)18;;/h3-5,8-9,11-12,19H,2,6-7,10H2,1H3;2*1H/t11-,12+;;/m0../s1. The van der Waals surface area contributed by atoms with Gasteiger partial charge in [-0.3, -0.25) is 0 Å². The molecule has 1 aliphatic heterocycles. The first-order valence-electron chi connectivity index (χ1n) is 7.41. The molecule has 1 aromatic heterocycles. The van der Waals surface area contributed by atoms with Crippen molar-refractivity contribution in [3.63, 3.8) is 0 Å². The fourth-order valence-corrected chi connectivity index (χ4v) is 3.04. The minimum atomic E-state index is -0.834. The molecule has 0 aliphatic carbocycles. The zero-order valence-corrected chi connectivity index (χ0v) is 14.5. The number of piperidine rings is 1. The average molecular weight is 364 g/mol. The van der Waals surface area contributed by atoms with Gasteiger partial charge in [-0.05, 0) is 37.9 Å². The minimum absolute atomic E-state index is 0. The van der Waals surface area contributed by atoms with E-state index in [1.807, 2.05) is 10.8 Å². The Hall–Kier alpha value is -1.17. The number of nitrogens with zero attached hydrogens (tertiary/aromatic N) is 2. The van der Waals surface area contributed by atoms with Gasteiger partial charge in [-0.1, -0.05) is 13.0 Å². The number of halogens is 4. The van der Waals surface area contributed by atoms with Crippen molar-refractivity contribution in [3.05, 3.63) is 42.2 Å². The maximum absolute atomic E-state index is 14.0. The van der Waals surface area contributed by atoms with E-state index in [0.717, 1.165) is 31.9 Å². The lowest BCUT2D eigenvalue weighted by Crippen LogP contribution is -2.38. The predicted molar refractivity (Wildman–Crippen MR) is 92.4 cm³/mol. The second-order valence-electron chi connectivity index (χ2n) is 5.50. The highest BCUT2D eigenvalue weighted by atomic mass is 35.5. The predicted octanol–water partition coefficient (Wildman–Crippen LogP) is 4.38. The molecular formula is C16H21Cl2F2N3. The normalized spacial score (nSPS) is 20.5. The second kappa shape index (κ2) is 8.62. The monoisotopic (exact) mass is 363 g/mol. The highest BCUT2D eigenvalue weighted by Crippen LogP contribution is 2.30. The molecule has 1 saturated heterocycles. The molecule has 0 amide bonds. The van der Waals surface area contributed by atoms with Gasteiger partial charge in [0.05, 0.1) is 5.56 Å². The van der Waals surface area contributed by atoms with Gasteiger partial charge >= 0.3 is 0 Å². The Bertz CT molecular complexity index is 634. The zero-order chi connectivity index (χ0) is 14.8. The van der Waals surface area contributed by atoms with E-state index < -0.39 is 11.6 Å². The van der Waals surface area contributed by atoms with Crippen LogP contribution in [0.4, 0.5) is 8.78 Å². The van der Waals surface area contributed by atoms with Crippen molar-refractivity contribution in [2.45, 2.75) is 38.3 Å². The molecule has 2 heterocycles. The van der Waals surface area contributed by atoms with E-state index in [2.05, 4.69) is 17.2 Å². The van der Waals surface area contributed by atoms with Crippen LogP contribution in [-0.4, -0.2) is 22.1 Å². The molecule has 1 N–H and O–H groups in total. The van der Waals surface area contributed by atoms with Crippen molar-refractivity contribution in [1.29, 1.82) is 0 Å². The summed E-state index contributed by atoms with van der Waals surface area (Å²) in [5, 5.41) is 3.47. The zero-order valence-electron chi connectivity index (χ0n) is 12.8. The van der Waals surface area contributed by atoms with Crippen LogP contribution in [0.2, 0.25) is 0 Å². The summed E-state index contributed by atoms with van der Waals surface area (Å²) in [6.07, 6.45) is 6.54. The number of nitrogens with one attached hydrogen (secondary N) is 1. The number of imidazole rings is 1. The number of hydrogen-bond acceptors (Lipinski definition) is 2. The van der Waals surface area contributed by atoms with Gasteiger partial charge in [-0.15, -0.1) is 24.8 Å². The third-order valence-electron chi connectivity index (χ3n) is 4.21. The third-order valence-corrected chi connectivity index (χ3v) is 4.21. The van der Waals surface area contributed by atoms with Crippen LogP contribution in [-0.2, 0) is 0 Å². The molecule has 1 fully saturated rings. The lowest BCUT2D eigenvalue weighted by atomic mass is 9.97. The smallest absolute Gasteiger partial charge is 0.169 e. The molecule has 3 rings (SSSR count). The van der Waals surface area contributed by atoms with Crippen LogP contribution in [0.15, 0.2) is 30.6 Å². The number of rotatable bonds is 3. The number of aromatic nitrogens is 2.